The Bertz CT molecular complexity index is 1400. The Hall–Kier alpha value is -2.46. The molecular formula is C39H42Cl5O3P. The van der Waals surface area contributed by atoms with Crippen molar-refractivity contribution in [2.75, 3.05) is 0 Å². The second-order valence-electron chi connectivity index (χ2n) is 10.7. The molecule has 5 rings (SSSR count). The average Bonchev–Trinajstić information content (AvgIpc) is 3.06. The Balaban J connectivity index is 0.000000242. The molecule has 48 heavy (non-hydrogen) atoms. The number of aliphatic hydroxyl groups excluding tert-OH is 1. The van der Waals surface area contributed by atoms with Gasteiger partial charge in [-0.05, 0) is 86.9 Å². The minimum Gasteiger partial charge on any atom is -0.491 e. The molecule has 9 heteroatoms. The minimum absolute atomic E-state index is 0.0648. The summed E-state index contributed by atoms with van der Waals surface area (Å²) in [7, 11) is -0.446. The van der Waals surface area contributed by atoms with E-state index in [1.807, 2.05) is 76.2 Å². The van der Waals surface area contributed by atoms with E-state index in [1.165, 1.54) is 15.9 Å². The van der Waals surface area contributed by atoms with Crippen molar-refractivity contribution in [3.05, 3.63) is 151 Å². The molecule has 0 radical (unpaired) electrons. The van der Waals surface area contributed by atoms with Crippen LogP contribution < -0.4 is 25.4 Å². The van der Waals surface area contributed by atoms with E-state index >= 15 is 0 Å². The van der Waals surface area contributed by atoms with Gasteiger partial charge >= 0.3 is 0 Å². The van der Waals surface area contributed by atoms with Gasteiger partial charge < -0.3 is 14.6 Å². The summed E-state index contributed by atoms with van der Waals surface area (Å²) >= 11 is 25.0. The Kier molecular flexibility index (Phi) is 20.0. The zero-order chi connectivity index (χ0) is 35.4. The maximum absolute atomic E-state index is 8.84. The van der Waals surface area contributed by atoms with E-state index in [0.29, 0.717) is 5.88 Å². The summed E-state index contributed by atoms with van der Waals surface area (Å²) in [4.78, 5) is 0. The normalized spacial score (nSPS) is 10.6. The third-order valence-electron chi connectivity index (χ3n) is 5.92. The van der Waals surface area contributed by atoms with E-state index in [4.69, 9.17) is 72.6 Å². The number of benzene rings is 5. The van der Waals surface area contributed by atoms with E-state index in [9.17, 15) is 0 Å². The molecule has 0 heterocycles. The van der Waals surface area contributed by atoms with Crippen LogP contribution in [0.2, 0.25) is 0 Å². The van der Waals surface area contributed by atoms with E-state index in [-0.39, 0.29) is 18.8 Å². The Labute approximate surface area is 312 Å². The average molecular weight is 767 g/mol. The van der Waals surface area contributed by atoms with Crippen molar-refractivity contribution in [1.29, 1.82) is 0 Å². The van der Waals surface area contributed by atoms with E-state index in [0.717, 1.165) is 22.6 Å². The maximum atomic E-state index is 8.84. The SMILES string of the molecule is CC(C)Oc1cccc(CCl)c1.CC(C)Oc1cccc(CO)c1.ClC(Cl)(Cl)Cl.c1ccc(P(c2ccccc2)c2ccccc2)cc1. The summed E-state index contributed by atoms with van der Waals surface area (Å²) in [5.41, 5.74) is 1.97. The van der Waals surface area contributed by atoms with Crippen LogP contribution in [0.4, 0.5) is 0 Å². The summed E-state index contributed by atoms with van der Waals surface area (Å²) in [6.45, 7) is 8.03. The van der Waals surface area contributed by atoms with Crippen LogP contribution in [0.25, 0.3) is 0 Å². The van der Waals surface area contributed by atoms with Crippen LogP contribution in [0.5, 0.6) is 11.5 Å². The first-order valence-electron chi connectivity index (χ1n) is 15.3. The van der Waals surface area contributed by atoms with Crippen molar-refractivity contribution >= 4 is 81.8 Å². The van der Waals surface area contributed by atoms with Crippen LogP contribution in [-0.4, -0.2) is 20.6 Å². The molecular weight excluding hydrogens is 725 g/mol. The lowest BCUT2D eigenvalue weighted by molar-refractivity contribution is 0.240. The molecule has 0 aliphatic carbocycles. The van der Waals surface area contributed by atoms with Gasteiger partial charge in [0, 0.05) is 5.88 Å². The predicted molar refractivity (Wildman–Crippen MR) is 211 cm³/mol. The smallest absolute Gasteiger partial charge is 0.266 e. The first-order valence-corrected chi connectivity index (χ1v) is 18.7. The van der Waals surface area contributed by atoms with Gasteiger partial charge in [0.1, 0.15) is 11.5 Å². The van der Waals surface area contributed by atoms with Gasteiger partial charge in [-0.25, -0.2) is 0 Å². The molecule has 0 saturated carbocycles. The lowest BCUT2D eigenvalue weighted by Crippen LogP contribution is -2.20. The molecule has 0 fully saturated rings. The number of hydrogen-bond acceptors (Lipinski definition) is 3. The molecule has 0 aliphatic rings. The van der Waals surface area contributed by atoms with Crippen molar-refractivity contribution < 1.29 is 14.6 Å². The van der Waals surface area contributed by atoms with Gasteiger partial charge in [0.2, 0.25) is 0 Å². The molecule has 256 valence electrons. The molecule has 0 bridgehead atoms. The number of hydrogen-bond donors (Lipinski definition) is 1. The summed E-state index contributed by atoms with van der Waals surface area (Å²) in [5.74, 6) is 2.25. The molecule has 0 atom stereocenters. The number of rotatable bonds is 9. The van der Waals surface area contributed by atoms with Crippen molar-refractivity contribution in [3.63, 3.8) is 0 Å². The lowest BCUT2D eigenvalue weighted by Gasteiger charge is -2.18. The number of alkyl halides is 5. The highest BCUT2D eigenvalue weighted by molar-refractivity contribution is 7.79. The monoisotopic (exact) mass is 764 g/mol. The van der Waals surface area contributed by atoms with Crippen LogP contribution in [0.15, 0.2) is 140 Å². The fraction of sp³-hybridized carbons (Fsp3) is 0.231. The van der Waals surface area contributed by atoms with Crippen LogP contribution in [0.1, 0.15) is 38.8 Å². The molecule has 0 unspecified atom stereocenters. The lowest BCUT2D eigenvalue weighted by atomic mass is 10.2. The second kappa shape index (κ2) is 23.0. The summed E-state index contributed by atoms with van der Waals surface area (Å²) in [6, 6.07) is 47.7. The van der Waals surface area contributed by atoms with E-state index < -0.39 is 11.2 Å². The van der Waals surface area contributed by atoms with Gasteiger partial charge in [-0.2, -0.15) is 0 Å². The molecule has 0 saturated heterocycles. The number of aliphatic hydroxyl groups is 1. The van der Waals surface area contributed by atoms with Gasteiger partial charge in [0.15, 0.2) is 0 Å². The molecule has 5 aromatic rings. The highest BCUT2D eigenvalue weighted by Crippen LogP contribution is 2.32. The molecule has 0 spiro atoms. The highest BCUT2D eigenvalue weighted by atomic mass is 35.6. The van der Waals surface area contributed by atoms with E-state index in [2.05, 4.69) is 91.0 Å². The third kappa shape index (κ3) is 18.3. The molecule has 1 N–H and O–H groups in total. The van der Waals surface area contributed by atoms with Gasteiger partial charge in [-0.3, -0.25) is 0 Å². The largest absolute Gasteiger partial charge is 0.491 e. The first-order chi connectivity index (χ1) is 22.9. The quantitative estimate of drug-likeness (QED) is 0.120. The Morgan fingerprint density at radius 2 is 0.875 bits per heavy atom. The Morgan fingerprint density at radius 3 is 1.19 bits per heavy atom. The standard InChI is InChI=1S/C18H15P.C10H13ClO.C10H14O2.CCl4/c1-4-10-16(11-5-1)19(17-12-6-2-7-13-17)18-14-8-3-9-15-18;2*1-8(2)12-10-5-3-4-9(6-10)7-11;2-1(3,4)5/h1-15H;3-6,8H,7H2,1-2H3;3-6,8,11H,7H2,1-2H3;. The summed E-state index contributed by atoms with van der Waals surface area (Å²) < 4.78 is 9.33. The second-order valence-corrected chi connectivity index (χ2v) is 16.6. The van der Waals surface area contributed by atoms with Crippen molar-refractivity contribution in [2.45, 2.75) is 55.6 Å². The summed E-state index contributed by atoms with van der Waals surface area (Å²) in [6.07, 6.45) is 0.398. The minimum atomic E-state index is -1.61. The molecule has 0 aromatic heterocycles. The number of halogens is 5. The molecule has 3 nitrogen and oxygen atoms in total. The van der Waals surface area contributed by atoms with Gasteiger partial charge in [-0.15, -0.1) is 11.6 Å². The van der Waals surface area contributed by atoms with Gasteiger partial charge in [0.25, 0.3) is 3.25 Å². The maximum Gasteiger partial charge on any atom is 0.266 e. The third-order valence-corrected chi connectivity index (χ3v) is 8.67. The fourth-order valence-electron chi connectivity index (χ4n) is 4.14. The zero-order valence-corrected chi connectivity index (χ0v) is 32.1. The van der Waals surface area contributed by atoms with Crippen LogP contribution in [0, 0.1) is 0 Å². The first kappa shape index (κ1) is 41.7. The zero-order valence-electron chi connectivity index (χ0n) is 27.4. The summed E-state index contributed by atoms with van der Waals surface area (Å²) in [5, 5.41) is 13.0. The fourth-order valence-corrected chi connectivity index (χ4v) is 6.61. The van der Waals surface area contributed by atoms with Crippen LogP contribution in [-0.2, 0) is 12.5 Å². The molecule has 0 amide bonds. The molecule has 0 aliphatic heterocycles. The Morgan fingerprint density at radius 1 is 0.542 bits per heavy atom. The van der Waals surface area contributed by atoms with Gasteiger partial charge in [0.05, 0.1) is 18.8 Å². The van der Waals surface area contributed by atoms with Crippen LogP contribution in [0.3, 0.4) is 0 Å². The van der Waals surface area contributed by atoms with Crippen LogP contribution >= 0.6 is 65.9 Å². The van der Waals surface area contributed by atoms with Crippen molar-refractivity contribution in [1.82, 2.24) is 0 Å². The van der Waals surface area contributed by atoms with Crippen molar-refractivity contribution in [3.8, 4) is 11.5 Å². The van der Waals surface area contributed by atoms with Crippen molar-refractivity contribution in [2.24, 2.45) is 0 Å². The topological polar surface area (TPSA) is 38.7 Å². The number of ether oxygens (including phenoxy) is 2. The van der Waals surface area contributed by atoms with E-state index in [1.54, 1.807) is 0 Å². The molecule has 5 aromatic carbocycles. The highest BCUT2D eigenvalue weighted by Gasteiger charge is 2.15. The van der Waals surface area contributed by atoms with Gasteiger partial charge in [-0.1, -0.05) is 162 Å². The predicted octanol–water partition coefficient (Wildman–Crippen LogP) is 11.2.